The second kappa shape index (κ2) is 13.8. The van der Waals surface area contributed by atoms with Crippen LogP contribution in [0.25, 0.3) is 82.4 Å². The van der Waals surface area contributed by atoms with Crippen LogP contribution in [0.3, 0.4) is 0 Å². The lowest BCUT2D eigenvalue weighted by Gasteiger charge is -2.40. The molecule has 2 aliphatic rings. The van der Waals surface area contributed by atoms with Gasteiger partial charge >= 0.3 is 0 Å². The summed E-state index contributed by atoms with van der Waals surface area (Å²) in [5, 5.41) is 7.46. The van der Waals surface area contributed by atoms with Crippen molar-refractivity contribution in [2.75, 3.05) is 4.90 Å². The summed E-state index contributed by atoms with van der Waals surface area (Å²) in [4.78, 5) is 2.54. The number of aromatic nitrogens is 1. The number of hydrogen-bond acceptors (Lipinski definition) is 1. The molecule has 0 saturated heterocycles. The van der Waals surface area contributed by atoms with E-state index in [-0.39, 0.29) is 0 Å². The van der Waals surface area contributed by atoms with Crippen LogP contribution in [0.1, 0.15) is 22.3 Å². The average molecular weight is 825 g/mol. The van der Waals surface area contributed by atoms with E-state index >= 15 is 0 Å². The van der Waals surface area contributed by atoms with Gasteiger partial charge in [0.1, 0.15) is 0 Å². The summed E-state index contributed by atoms with van der Waals surface area (Å²) in [5.74, 6) is 0. The van der Waals surface area contributed by atoms with E-state index in [0.29, 0.717) is 0 Å². The third kappa shape index (κ3) is 4.99. The predicted molar refractivity (Wildman–Crippen MR) is 272 cm³/mol. The molecule has 302 valence electrons. The van der Waals surface area contributed by atoms with E-state index in [1.54, 1.807) is 0 Å². The maximum atomic E-state index is 2.54. The highest BCUT2D eigenvalue weighted by Gasteiger charge is 2.51. The normalized spacial score (nSPS) is 14.5. The number of hydrogen-bond donors (Lipinski definition) is 0. The molecule has 2 heterocycles. The second-order valence-electron chi connectivity index (χ2n) is 17.6. The molecule has 1 aromatic heterocycles. The molecule has 12 aromatic rings. The topological polar surface area (TPSA) is 8.17 Å². The van der Waals surface area contributed by atoms with Crippen molar-refractivity contribution in [3.63, 3.8) is 0 Å². The minimum atomic E-state index is -0.580. The maximum Gasteiger partial charge on any atom is 0.0755 e. The van der Waals surface area contributed by atoms with Gasteiger partial charge in [-0.25, -0.2) is 0 Å². The lowest BCUT2D eigenvalue weighted by molar-refractivity contribution is 0.748. The van der Waals surface area contributed by atoms with Crippen molar-refractivity contribution in [1.29, 1.82) is 0 Å². The Morgan fingerprint density at radius 2 is 0.938 bits per heavy atom. The Balaban J connectivity index is 1.09. The van der Waals surface area contributed by atoms with Gasteiger partial charge in [-0.2, -0.15) is 0 Å². The van der Waals surface area contributed by atoms with Crippen molar-refractivity contribution in [2.45, 2.75) is 5.41 Å². The lowest BCUT2D eigenvalue weighted by atomic mass is 9.65. The van der Waals surface area contributed by atoms with Gasteiger partial charge in [-0.15, -0.1) is 0 Å². The zero-order chi connectivity index (χ0) is 42.6. The Morgan fingerprint density at radius 3 is 1.83 bits per heavy atom. The fourth-order valence-electron chi connectivity index (χ4n) is 11.7. The van der Waals surface area contributed by atoms with E-state index in [2.05, 4.69) is 252 Å². The first-order chi connectivity index (χ1) is 32.3. The summed E-state index contributed by atoms with van der Waals surface area (Å²) < 4.78 is 2.53. The van der Waals surface area contributed by atoms with Gasteiger partial charge in [0.2, 0.25) is 0 Å². The van der Waals surface area contributed by atoms with Crippen molar-refractivity contribution >= 4 is 60.4 Å². The Morgan fingerprint density at radius 1 is 0.323 bits per heavy atom. The highest BCUT2D eigenvalue weighted by molar-refractivity contribution is 6.16. The summed E-state index contributed by atoms with van der Waals surface area (Å²) in [5.41, 5.74) is 19.1. The highest BCUT2D eigenvalue weighted by Crippen LogP contribution is 2.62. The summed E-state index contributed by atoms with van der Waals surface area (Å²) in [7, 11) is 0. The van der Waals surface area contributed by atoms with Gasteiger partial charge in [0, 0.05) is 27.4 Å². The monoisotopic (exact) mass is 824 g/mol. The van der Waals surface area contributed by atoms with Crippen LogP contribution in [0.2, 0.25) is 0 Å². The molecule has 0 N–H and O–H groups in total. The van der Waals surface area contributed by atoms with Crippen molar-refractivity contribution < 1.29 is 0 Å². The summed E-state index contributed by atoms with van der Waals surface area (Å²) in [6.07, 6.45) is 0. The number of nitrogens with zero attached hydrogens (tertiary/aromatic N) is 2. The highest BCUT2D eigenvalue weighted by atomic mass is 15.1. The van der Waals surface area contributed by atoms with E-state index < -0.39 is 5.41 Å². The SMILES string of the molecule is c1ccc(-c2cccc(-c3ccccc3N(c3ccc4c(c3)C3(c5ccccc5-4)c4ccccc4-n4c5ccccc5c5cccc3c54)c3cc4ccccc4c4ccccc34)c2)cc1. The Hall–Kier alpha value is -8.46. The van der Waals surface area contributed by atoms with Crippen LogP contribution in [-0.4, -0.2) is 4.57 Å². The Labute approximate surface area is 377 Å². The average Bonchev–Trinajstić information content (AvgIpc) is 3.87. The van der Waals surface area contributed by atoms with Crippen molar-refractivity contribution in [1.82, 2.24) is 4.57 Å². The molecule has 0 radical (unpaired) electrons. The van der Waals surface area contributed by atoms with Crippen LogP contribution in [-0.2, 0) is 5.41 Å². The second-order valence-corrected chi connectivity index (χ2v) is 17.6. The minimum Gasteiger partial charge on any atom is -0.309 e. The van der Waals surface area contributed by atoms with Crippen LogP contribution in [0, 0.1) is 0 Å². The molecule has 0 bridgehead atoms. The van der Waals surface area contributed by atoms with Crippen molar-refractivity contribution in [3.05, 3.63) is 265 Å². The van der Waals surface area contributed by atoms with E-state index in [9.17, 15) is 0 Å². The lowest BCUT2D eigenvalue weighted by Crippen LogP contribution is -2.33. The zero-order valence-electron chi connectivity index (χ0n) is 35.5. The Kier molecular flexibility index (Phi) is 7.64. The zero-order valence-corrected chi connectivity index (χ0v) is 35.5. The van der Waals surface area contributed by atoms with Crippen molar-refractivity contribution in [2.24, 2.45) is 0 Å². The standard InChI is InChI=1S/C63H40N2/c1-2-18-41(19-3-1)42-21-16-22-43(38-42)47-24-9-13-33-58(47)64(61-39-44-20-4-5-23-46(44)48-25-6-7-27-51(48)61)45-36-37-50-49-26-8-11-30-54(49)63(57(50)40-45)55-31-12-15-35-60(55)65-59-34-14-10-28-52(59)53-29-17-32-56(63)62(53)65/h1-40H. The molecular formula is C63H40N2. The van der Waals surface area contributed by atoms with Crippen LogP contribution >= 0.6 is 0 Å². The van der Waals surface area contributed by atoms with Gasteiger partial charge in [-0.05, 0) is 109 Å². The van der Waals surface area contributed by atoms with Crippen LogP contribution in [0.15, 0.2) is 243 Å². The van der Waals surface area contributed by atoms with Gasteiger partial charge in [-0.3, -0.25) is 0 Å². The molecule has 2 nitrogen and oxygen atoms in total. The minimum absolute atomic E-state index is 0.580. The Bertz CT molecular complexity index is 3910. The van der Waals surface area contributed by atoms with E-state index in [1.807, 2.05) is 0 Å². The fourth-order valence-corrected chi connectivity index (χ4v) is 11.7. The molecule has 65 heavy (non-hydrogen) atoms. The number of fused-ring (bicyclic) bond motifs is 15. The number of benzene rings is 11. The first kappa shape index (κ1) is 36.1. The molecule has 11 aromatic carbocycles. The molecular weight excluding hydrogens is 785 g/mol. The third-order valence-electron chi connectivity index (χ3n) is 14.3. The molecule has 0 saturated carbocycles. The van der Waals surface area contributed by atoms with Crippen molar-refractivity contribution in [3.8, 4) is 39.1 Å². The van der Waals surface area contributed by atoms with E-state index in [1.165, 1.54) is 105 Å². The third-order valence-corrected chi connectivity index (χ3v) is 14.3. The molecule has 1 aliphatic heterocycles. The summed E-state index contributed by atoms with van der Waals surface area (Å²) in [6, 6.07) is 90.3. The van der Waals surface area contributed by atoms with E-state index in [4.69, 9.17) is 0 Å². The molecule has 1 unspecified atom stereocenters. The predicted octanol–water partition coefficient (Wildman–Crippen LogP) is 16.6. The van der Waals surface area contributed by atoms with Gasteiger partial charge < -0.3 is 9.47 Å². The molecule has 1 aliphatic carbocycles. The summed E-state index contributed by atoms with van der Waals surface area (Å²) >= 11 is 0. The fraction of sp³-hybridized carbons (Fsp3) is 0.0159. The first-order valence-electron chi connectivity index (χ1n) is 22.6. The van der Waals surface area contributed by atoms with E-state index in [0.717, 1.165) is 17.1 Å². The number of anilines is 3. The van der Waals surface area contributed by atoms with Gasteiger partial charge in [0.25, 0.3) is 0 Å². The number of rotatable bonds is 5. The molecule has 0 amide bonds. The molecule has 0 fully saturated rings. The smallest absolute Gasteiger partial charge is 0.0755 e. The van der Waals surface area contributed by atoms with Gasteiger partial charge in [-0.1, -0.05) is 200 Å². The molecule has 14 rings (SSSR count). The number of para-hydroxylation sites is 4. The largest absolute Gasteiger partial charge is 0.309 e. The van der Waals surface area contributed by atoms with Crippen LogP contribution < -0.4 is 4.90 Å². The van der Waals surface area contributed by atoms with Crippen LogP contribution in [0.5, 0.6) is 0 Å². The van der Waals surface area contributed by atoms with Gasteiger partial charge in [0.15, 0.2) is 0 Å². The molecule has 2 heteroatoms. The first-order valence-corrected chi connectivity index (χ1v) is 22.6. The quantitative estimate of drug-likeness (QED) is 0.157. The summed E-state index contributed by atoms with van der Waals surface area (Å²) in [6.45, 7) is 0. The molecule has 1 atom stereocenters. The van der Waals surface area contributed by atoms with Crippen LogP contribution in [0.4, 0.5) is 17.1 Å². The molecule has 1 spiro atoms. The van der Waals surface area contributed by atoms with Gasteiger partial charge in [0.05, 0.1) is 33.5 Å². The maximum absolute atomic E-state index is 2.54.